The Morgan fingerprint density at radius 3 is 2.73 bits per heavy atom. The van der Waals surface area contributed by atoms with Gasteiger partial charge in [0.15, 0.2) is 8.32 Å². The number of fused-ring (bicyclic) bond motifs is 1. The Balaban J connectivity index is 1.91. The van der Waals surface area contributed by atoms with Gasteiger partial charge in [-0.25, -0.2) is 9.97 Å². The van der Waals surface area contributed by atoms with Crippen molar-refractivity contribution >= 4 is 25.0 Å². The minimum atomic E-state index is -1.56. The fourth-order valence-corrected chi connectivity index (χ4v) is 5.10. The zero-order chi connectivity index (χ0) is 15.8. The Labute approximate surface area is 133 Å². The SMILES string of the molecule is CC1(O[Si](C)(C)C)CCCN(c2ncnc3ccccc23)C1. The number of aromatic nitrogens is 2. The van der Waals surface area contributed by atoms with Crippen LogP contribution in [0.2, 0.25) is 19.6 Å². The summed E-state index contributed by atoms with van der Waals surface area (Å²) in [6.45, 7) is 11.0. The first-order valence-electron chi connectivity index (χ1n) is 8.01. The quantitative estimate of drug-likeness (QED) is 0.807. The van der Waals surface area contributed by atoms with Gasteiger partial charge in [-0.2, -0.15) is 0 Å². The first kappa shape index (κ1) is 15.4. The van der Waals surface area contributed by atoms with Gasteiger partial charge in [0.2, 0.25) is 0 Å². The Morgan fingerprint density at radius 2 is 1.95 bits per heavy atom. The van der Waals surface area contributed by atoms with Crippen LogP contribution >= 0.6 is 0 Å². The van der Waals surface area contributed by atoms with E-state index in [2.05, 4.69) is 53.6 Å². The smallest absolute Gasteiger partial charge is 0.184 e. The first-order chi connectivity index (χ1) is 10.4. The molecule has 5 heteroatoms. The molecule has 2 heterocycles. The van der Waals surface area contributed by atoms with Crippen molar-refractivity contribution in [2.45, 2.75) is 45.0 Å². The summed E-state index contributed by atoms with van der Waals surface area (Å²) in [6, 6.07) is 8.23. The van der Waals surface area contributed by atoms with Crippen LogP contribution in [0.5, 0.6) is 0 Å². The molecule has 1 atom stereocenters. The molecule has 0 saturated carbocycles. The van der Waals surface area contributed by atoms with E-state index in [-0.39, 0.29) is 5.60 Å². The molecule has 1 fully saturated rings. The molecule has 4 nitrogen and oxygen atoms in total. The molecule has 0 amide bonds. The number of benzene rings is 1. The maximum atomic E-state index is 6.48. The van der Waals surface area contributed by atoms with E-state index in [1.807, 2.05) is 12.1 Å². The van der Waals surface area contributed by atoms with Crippen LogP contribution in [0.3, 0.4) is 0 Å². The third kappa shape index (κ3) is 3.30. The minimum absolute atomic E-state index is 0.0746. The van der Waals surface area contributed by atoms with E-state index in [1.54, 1.807) is 6.33 Å². The molecule has 0 aliphatic carbocycles. The van der Waals surface area contributed by atoms with Crippen LogP contribution in [0, 0.1) is 0 Å². The molecule has 0 bridgehead atoms. The normalized spacial score (nSPS) is 23.0. The van der Waals surface area contributed by atoms with Gasteiger partial charge in [0.05, 0.1) is 11.1 Å². The third-order valence-electron chi connectivity index (χ3n) is 4.03. The molecule has 1 aliphatic rings. The fraction of sp³-hybridized carbons (Fsp3) is 0.529. The van der Waals surface area contributed by atoms with E-state index < -0.39 is 8.32 Å². The van der Waals surface area contributed by atoms with Crippen molar-refractivity contribution in [3.8, 4) is 0 Å². The lowest BCUT2D eigenvalue weighted by Gasteiger charge is -2.44. The van der Waals surface area contributed by atoms with Crippen LogP contribution in [0.25, 0.3) is 10.9 Å². The van der Waals surface area contributed by atoms with Crippen molar-refractivity contribution in [3.05, 3.63) is 30.6 Å². The van der Waals surface area contributed by atoms with Gasteiger partial charge in [-0.3, -0.25) is 0 Å². The third-order valence-corrected chi connectivity index (χ3v) is 5.14. The van der Waals surface area contributed by atoms with Crippen LogP contribution in [0.4, 0.5) is 5.82 Å². The predicted octanol–water partition coefficient (Wildman–Crippen LogP) is 3.84. The van der Waals surface area contributed by atoms with Crippen molar-refractivity contribution in [1.29, 1.82) is 0 Å². The zero-order valence-electron chi connectivity index (χ0n) is 14.0. The Hall–Kier alpha value is -1.46. The number of nitrogens with zero attached hydrogens (tertiary/aromatic N) is 3. The molecular formula is C17H25N3OSi. The average Bonchev–Trinajstić information content (AvgIpc) is 2.44. The lowest BCUT2D eigenvalue weighted by Crippen LogP contribution is -2.52. The zero-order valence-corrected chi connectivity index (χ0v) is 15.0. The first-order valence-corrected chi connectivity index (χ1v) is 11.4. The summed E-state index contributed by atoms with van der Waals surface area (Å²) in [5.74, 6) is 1.04. The van der Waals surface area contributed by atoms with Gasteiger partial charge in [0, 0.05) is 18.5 Å². The molecule has 118 valence electrons. The lowest BCUT2D eigenvalue weighted by molar-refractivity contribution is 0.0639. The molecule has 3 rings (SSSR count). The predicted molar refractivity (Wildman–Crippen MR) is 93.8 cm³/mol. The summed E-state index contributed by atoms with van der Waals surface area (Å²) >= 11 is 0. The van der Waals surface area contributed by atoms with Gasteiger partial charge >= 0.3 is 0 Å². The van der Waals surface area contributed by atoms with Crippen molar-refractivity contribution < 1.29 is 4.43 Å². The second-order valence-corrected chi connectivity index (χ2v) is 11.8. The van der Waals surface area contributed by atoms with Gasteiger partial charge in [0.1, 0.15) is 12.1 Å². The van der Waals surface area contributed by atoms with Gasteiger partial charge in [-0.05, 0) is 51.5 Å². The lowest BCUT2D eigenvalue weighted by atomic mass is 9.95. The van der Waals surface area contributed by atoms with Crippen molar-refractivity contribution in [1.82, 2.24) is 9.97 Å². The highest BCUT2D eigenvalue weighted by Gasteiger charge is 2.36. The molecule has 1 saturated heterocycles. The van der Waals surface area contributed by atoms with E-state index in [1.165, 1.54) is 0 Å². The summed E-state index contributed by atoms with van der Waals surface area (Å²) in [7, 11) is -1.56. The summed E-state index contributed by atoms with van der Waals surface area (Å²) < 4.78 is 6.48. The summed E-state index contributed by atoms with van der Waals surface area (Å²) in [6.07, 6.45) is 3.93. The van der Waals surface area contributed by atoms with E-state index in [0.29, 0.717) is 0 Å². The number of hydrogen-bond acceptors (Lipinski definition) is 4. The summed E-state index contributed by atoms with van der Waals surface area (Å²) in [5, 5.41) is 1.13. The molecule has 1 unspecified atom stereocenters. The van der Waals surface area contributed by atoms with Crippen molar-refractivity contribution in [3.63, 3.8) is 0 Å². The molecule has 0 radical (unpaired) electrons. The van der Waals surface area contributed by atoms with Crippen LogP contribution in [0.1, 0.15) is 19.8 Å². The average molecular weight is 315 g/mol. The molecular weight excluding hydrogens is 290 g/mol. The molecule has 1 aromatic carbocycles. The Morgan fingerprint density at radius 1 is 1.18 bits per heavy atom. The topological polar surface area (TPSA) is 38.2 Å². The minimum Gasteiger partial charge on any atom is -0.411 e. The summed E-state index contributed by atoms with van der Waals surface area (Å²) in [5.41, 5.74) is 0.931. The molecule has 22 heavy (non-hydrogen) atoms. The molecule has 1 aliphatic heterocycles. The van der Waals surface area contributed by atoms with Gasteiger partial charge in [0.25, 0.3) is 0 Å². The van der Waals surface area contributed by atoms with Crippen LogP contribution in [-0.2, 0) is 4.43 Å². The highest BCUT2D eigenvalue weighted by molar-refractivity contribution is 6.69. The van der Waals surface area contributed by atoms with E-state index in [0.717, 1.165) is 42.7 Å². The molecule has 1 aromatic heterocycles. The number of piperidine rings is 1. The van der Waals surface area contributed by atoms with Crippen molar-refractivity contribution in [2.24, 2.45) is 0 Å². The maximum absolute atomic E-state index is 6.48. The van der Waals surface area contributed by atoms with Gasteiger partial charge < -0.3 is 9.33 Å². The highest BCUT2D eigenvalue weighted by Crippen LogP contribution is 2.32. The van der Waals surface area contributed by atoms with Crippen molar-refractivity contribution in [2.75, 3.05) is 18.0 Å². The Bertz CT molecular complexity index is 665. The van der Waals surface area contributed by atoms with E-state index >= 15 is 0 Å². The van der Waals surface area contributed by atoms with Gasteiger partial charge in [-0.1, -0.05) is 12.1 Å². The van der Waals surface area contributed by atoms with Crippen LogP contribution in [0.15, 0.2) is 30.6 Å². The van der Waals surface area contributed by atoms with E-state index in [4.69, 9.17) is 4.43 Å². The number of hydrogen-bond donors (Lipinski definition) is 0. The highest BCUT2D eigenvalue weighted by atomic mass is 28.4. The van der Waals surface area contributed by atoms with Crippen LogP contribution in [-0.4, -0.2) is 37.0 Å². The van der Waals surface area contributed by atoms with Crippen LogP contribution < -0.4 is 4.90 Å². The summed E-state index contributed by atoms with van der Waals surface area (Å²) in [4.78, 5) is 11.3. The largest absolute Gasteiger partial charge is 0.411 e. The second-order valence-electron chi connectivity index (χ2n) is 7.40. The maximum Gasteiger partial charge on any atom is 0.184 e. The van der Waals surface area contributed by atoms with E-state index in [9.17, 15) is 0 Å². The second kappa shape index (κ2) is 5.63. The fourth-order valence-electron chi connectivity index (χ4n) is 3.45. The standard InChI is InChI=1S/C17H25N3OSi/c1-17(21-22(2,3)4)10-7-11-20(12-17)16-14-8-5-6-9-15(14)18-13-19-16/h5-6,8-9,13H,7,10-12H2,1-4H3. The van der Waals surface area contributed by atoms with Gasteiger partial charge in [-0.15, -0.1) is 0 Å². The number of para-hydroxylation sites is 1. The molecule has 0 N–H and O–H groups in total. The molecule has 0 spiro atoms. The number of rotatable bonds is 3. The number of anilines is 1. The molecule has 2 aromatic rings. The monoisotopic (exact) mass is 315 g/mol. The Kier molecular flexibility index (Phi) is 3.95.